The standard InChI is InChI=1S/C20H16Cl2N2O3/c1-24(2)20(26)14-10-17(12-6-4-5-7-13(12)18(14)25)23-11-8-15(21)19(27-3)16(22)9-11/h4-10H,1-3H3. The van der Waals surface area contributed by atoms with Gasteiger partial charge in [0.1, 0.15) is 0 Å². The lowest BCUT2D eigenvalue weighted by Crippen LogP contribution is -2.30. The van der Waals surface area contributed by atoms with E-state index in [4.69, 9.17) is 27.9 Å². The largest absolute Gasteiger partial charge is 0.494 e. The summed E-state index contributed by atoms with van der Waals surface area (Å²) in [6.07, 6.45) is 1.50. The molecular formula is C20H16Cl2N2O3. The van der Waals surface area contributed by atoms with Gasteiger partial charge >= 0.3 is 0 Å². The molecule has 3 rings (SSSR count). The van der Waals surface area contributed by atoms with E-state index in [0.717, 1.165) is 0 Å². The highest BCUT2D eigenvalue weighted by atomic mass is 35.5. The van der Waals surface area contributed by atoms with Crippen LogP contribution < -0.4 is 4.74 Å². The number of fused-ring (bicyclic) bond motifs is 1. The minimum absolute atomic E-state index is 0.0585. The zero-order chi connectivity index (χ0) is 19.7. The maximum absolute atomic E-state index is 12.7. The van der Waals surface area contributed by atoms with Gasteiger partial charge in [-0.2, -0.15) is 0 Å². The van der Waals surface area contributed by atoms with Crippen molar-refractivity contribution >= 4 is 46.3 Å². The number of allylic oxidation sites excluding steroid dienone is 1. The Morgan fingerprint density at radius 1 is 1.07 bits per heavy atom. The van der Waals surface area contributed by atoms with Crippen molar-refractivity contribution in [3.63, 3.8) is 0 Å². The molecule has 0 aliphatic heterocycles. The normalized spacial score (nSPS) is 14.6. The molecule has 138 valence electrons. The number of carbonyl (C=O) groups is 2. The van der Waals surface area contributed by atoms with E-state index in [9.17, 15) is 9.59 Å². The number of methoxy groups -OCH3 is 1. The Balaban J connectivity index is 2.19. The number of hydrogen-bond acceptors (Lipinski definition) is 4. The van der Waals surface area contributed by atoms with Gasteiger partial charge in [-0.3, -0.25) is 9.59 Å². The number of likely N-dealkylation sites (N-methyl/N-ethyl adjacent to an activating group) is 1. The summed E-state index contributed by atoms with van der Waals surface area (Å²) < 4.78 is 5.15. The van der Waals surface area contributed by atoms with Crippen LogP contribution in [-0.4, -0.2) is 43.5 Å². The molecule has 0 N–H and O–H groups in total. The van der Waals surface area contributed by atoms with Gasteiger partial charge in [-0.05, 0) is 18.2 Å². The number of rotatable bonds is 3. The SMILES string of the molecule is COc1c(Cl)cc(N=C2C=C(C(=O)N(C)C)C(=O)c3ccccc32)cc1Cl. The van der Waals surface area contributed by atoms with Crippen LogP contribution in [0.5, 0.6) is 5.75 Å². The smallest absolute Gasteiger partial charge is 0.257 e. The molecule has 1 amide bonds. The van der Waals surface area contributed by atoms with E-state index < -0.39 is 0 Å². The molecule has 0 aromatic heterocycles. The average Bonchev–Trinajstić information content (AvgIpc) is 2.63. The van der Waals surface area contributed by atoms with E-state index >= 15 is 0 Å². The number of halogens is 2. The molecule has 5 nitrogen and oxygen atoms in total. The Hall–Kier alpha value is -2.63. The zero-order valence-corrected chi connectivity index (χ0v) is 16.4. The van der Waals surface area contributed by atoms with Crippen LogP contribution in [0.25, 0.3) is 0 Å². The molecule has 0 spiro atoms. The molecule has 0 radical (unpaired) electrons. The van der Waals surface area contributed by atoms with E-state index in [1.807, 2.05) is 6.07 Å². The Morgan fingerprint density at radius 2 is 1.67 bits per heavy atom. The van der Waals surface area contributed by atoms with Crippen molar-refractivity contribution in [2.75, 3.05) is 21.2 Å². The Morgan fingerprint density at radius 3 is 2.22 bits per heavy atom. The first-order valence-electron chi connectivity index (χ1n) is 8.02. The Bertz CT molecular complexity index is 987. The molecule has 1 aliphatic carbocycles. The maximum atomic E-state index is 12.7. The summed E-state index contributed by atoms with van der Waals surface area (Å²) in [5.74, 6) is -0.345. The number of aliphatic imine (C=N–C) groups is 1. The topological polar surface area (TPSA) is 59.0 Å². The number of carbonyl (C=O) groups excluding carboxylic acids is 2. The van der Waals surface area contributed by atoms with Gasteiger partial charge in [-0.15, -0.1) is 0 Å². The third-order valence-electron chi connectivity index (χ3n) is 4.05. The molecule has 0 atom stereocenters. The lowest BCUT2D eigenvalue weighted by atomic mass is 9.88. The van der Waals surface area contributed by atoms with Crippen LogP contribution in [0.2, 0.25) is 10.0 Å². The highest BCUT2D eigenvalue weighted by Crippen LogP contribution is 2.37. The zero-order valence-electron chi connectivity index (χ0n) is 14.9. The molecule has 2 aromatic rings. The van der Waals surface area contributed by atoms with Crippen molar-refractivity contribution < 1.29 is 14.3 Å². The van der Waals surface area contributed by atoms with Crippen LogP contribution in [0.4, 0.5) is 5.69 Å². The summed E-state index contributed by atoms with van der Waals surface area (Å²) in [5.41, 5.74) is 2.09. The second-order valence-corrected chi connectivity index (χ2v) is 6.89. The van der Waals surface area contributed by atoms with Crippen LogP contribution in [0.15, 0.2) is 53.0 Å². The molecule has 1 aliphatic rings. The molecule has 2 aromatic carbocycles. The Labute approximate surface area is 166 Å². The summed E-state index contributed by atoms with van der Waals surface area (Å²) in [7, 11) is 4.66. The van der Waals surface area contributed by atoms with Crippen LogP contribution >= 0.6 is 23.2 Å². The third-order valence-corrected chi connectivity index (χ3v) is 4.61. The van der Waals surface area contributed by atoms with Crippen molar-refractivity contribution in [3.05, 3.63) is 69.2 Å². The Kier molecular flexibility index (Phi) is 5.35. The van der Waals surface area contributed by atoms with Gasteiger partial charge < -0.3 is 9.64 Å². The van der Waals surface area contributed by atoms with E-state index in [2.05, 4.69) is 4.99 Å². The van der Waals surface area contributed by atoms with Crippen molar-refractivity contribution in [2.45, 2.75) is 0 Å². The van der Waals surface area contributed by atoms with E-state index in [1.54, 1.807) is 44.4 Å². The first kappa shape index (κ1) is 19.1. The monoisotopic (exact) mass is 402 g/mol. The quantitative estimate of drug-likeness (QED) is 0.717. The molecule has 7 heteroatoms. The van der Waals surface area contributed by atoms with Crippen LogP contribution in [-0.2, 0) is 4.79 Å². The van der Waals surface area contributed by atoms with Crippen LogP contribution in [0.3, 0.4) is 0 Å². The second kappa shape index (κ2) is 7.55. The molecule has 0 fully saturated rings. The number of ether oxygens (including phenoxy) is 1. The number of benzene rings is 2. The minimum atomic E-state index is -0.381. The predicted molar refractivity (Wildman–Crippen MR) is 107 cm³/mol. The summed E-state index contributed by atoms with van der Waals surface area (Å²) in [6, 6.07) is 10.2. The summed E-state index contributed by atoms with van der Waals surface area (Å²) in [5, 5.41) is 0.635. The van der Waals surface area contributed by atoms with E-state index in [-0.39, 0.29) is 17.3 Å². The van der Waals surface area contributed by atoms with Gasteiger partial charge in [-0.25, -0.2) is 4.99 Å². The van der Waals surface area contributed by atoms with Gasteiger partial charge in [0, 0.05) is 25.2 Å². The minimum Gasteiger partial charge on any atom is -0.494 e. The summed E-state index contributed by atoms with van der Waals surface area (Å²) in [4.78, 5) is 31.1. The molecule has 27 heavy (non-hydrogen) atoms. The molecular weight excluding hydrogens is 387 g/mol. The number of amides is 1. The van der Waals surface area contributed by atoms with Crippen LogP contribution in [0.1, 0.15) is 15.9 Å². The van der Waals surface area contributed by atoms with Crippen molar-refractivity contribution in [1.29, 1.82) is 0 Å². The lowest BCUT2D eigenvalue weighted by molar-refractivity contribution is -0.124. The fourth-order valence-electron chi connectivity index (χ4n) is 2.77. The summed E-state index contributed by atoms with van der Waals surface area (Å²) >= 11 is 12.4. The van der Waals surface area contributed by atoms with Crippen molar-refractivity contribution in [1.82, 2.24) is 4.90 Å². The maximum Gasteiger partial charge on any atom is 0.257 e. The average molecular weight is 403 g/mol. The second-order valence-electron chi connectivity index (χ2n) is 6.07. The number of Topliss-reactive ketones (excluding diaryl/α,β-unsaturated/α-hetero) is 1. The van der Waals surface area contributed by atoms with Gasteiger partial charge in [0.15, 0.2) is 11.5 Å². The fraction of sp³-hybridized carbons (Fsp3) is 0.150. The fourth-order valence-corrected chi connectivity index (χ4v) is 3.40. The number of nitrogens with zero attached hydrogens (tertiary/aromatic N) is 2. The first-order valence-corrected chi connectivity index (χ1v) is 8.78. The van der Waals surface area contributed by atoms with Gasteiger partial charge in [0.05, 0.1) is 34.1 Å². The molecule has 0 heterocycles. The van der Waals surface area contributed by atoms with Gasteiger partial charge in [0.25, 0.3) is 5.91 Å². The van der Waals surface area contributed by atoms with Gasteiger partial charge in [0.2, 0.25) is 0 Å². The third kappa shape index (κ3) is 3.61. The molecule has 0 unspecified atom stereocenters. The van der Waals surface area contributed by atoms with E-state index in [0.29, 0.717) is 38.3 Å². The van der Waals surface area contributed by atoms with Gasteiger partial charge in [-0.1, -0.05) is 47.5 Å². The van der Waals surface area contributed by atoms with Crippen LogP contribution in [0, 0.1) is 0 Å². The lowest BCUT2D eigenvalue weighted by Gasteiger charge is -2.19. The van der Waals surface area contributed by atoms with Crippen molar-refractivity contribution in [3.8, 4) is 5.75 Å². The molecule has 0 saturated carbocycles. The molecule has 0 bridgehead atoms. The summed E-state index contributed by atoms with van der Waals surface area (Å²) in [6.45, 7) is 0. The predicted octanol–water partition coefficient (Wildman–Crippen LogP) is 4.33. The molecule has 0 saturated heterocycles. The first-order chi connectivity index (χ1) is 12.8. The highest BCUT2D eigenvalue weighted by molar-refractivity contribution is 6.38. The number of ketones is 1. The van der Waals surface area contributed by atoms with Crippen molar-refractivity contribution in [2.24, 2.45) is 4.99 Å². The van der Waals surface area contributed by atoms with E-state index in [1.165, 1.54) is 18.1 Å². The number of hydrogen-bond donors (Lipinski definition) is 0. The highest BCUT2D eigenvalue weighted by Gasteiger charge is 2.29.